The van der Waals surface area contributed by atoms with Gasteiger partial charge in [-0.15, -0.1) is 0 Å². The van der Waals surface area contributed by atoms with Gasteiger partial charge in [-0.1, -0.05) is 22.9 Å². The second kappa shape index (κ2) is 4.45. The van der Waals surface area contributed by atoms with E-state index in [4.69, 9.17) is 16.9 Å². The van der Waals surface area contributed by atoms with Crippen molar-refractivity contribution in [1.29, 1.82) is 5.26 Å². The largest absolute Gasteiger partial charge is 0.357 e. The van der Waals surface area contributed by atoms with Crippen LogP contribution in [0, 0.1) is 11.3 Å². The Balaban J connectivity index is 1.61. The summed E-state index contributed by atoms with van der Waals surface area (Å²) in [7, 11) is 0. The Bertz CT molecular complexity index is 463. The molecule has 0 amide bonds. The maximum Gasteiger partial charge on any atom is 0.185 e. The van der Waals surface area contributed by atoms with Crippen LogP contribution in [0.5, 0.6) is 0 Å². The lowest BCUT2D eigenvalue weighted by atomic mass is 10.3. The molecule has 1 aromatic rings. The van der Waals surface area contributed by atoms with E-state index >= 15 is 0 Å². The van der Waals surface area contributed by atoms with Gasteiger partial charge in [-0.3, -0.25) is 4.90 Å². The monoisotopic (exact) mass is 268 g/mol. The minimum atomic E-state index is 0.317. The van der Waals surface area contributed by atoms with E-state index in [1.54, 1.807) is 0 Å². The SMILES string of the molecule is N#Cc1sc(NC2CCN(C3CC3)C2)nc1Cl. The lowest BCUT2D eigenvalue weighted by Crippen LogP contribution is -2.27. The Hall–Kier alpha value is -0.830. The predicted octanol–water partition coefficient (Wildman–Crippen LogP) is 2.32. The number of nitriles is 1. The molecule has 3 rings (SSSR count). The molecule has 1 aromatic heterocycles. The first-order valence-corrected chi connectivity index (χ1v) is 7.02. The highest BCUT2D eigenvalue weighted by Crippen LogP contribution is 2.32. The van der Waals surface area contributed by atoms with E-state index in [9.17, 15) is 0 Å². The molecule has 0 spiro atoms. The van der Waals surface area contributed by atoms with E-state index in [1.165, 1.54) is 30.7 Å². The summed E-state index contributed by atoms with van der Waals surface area (Å²) < 4.78 is 0. The van der Waals surface area contributed by atoms with Crippen molar-refractivity contribution < 1.29 is 0 Å². The van der Waals surface area contributed by atoms with E-state index < -0.39 is 0 Å². The third-order valence-electron chi connectivity index (χ3n) is 3.30. The maximum atomic E-state index is 8.82. The molecule has 6 heteroatoms. The van der Waals surface area contributed by atoms with Crippen molar-refractivity contribution in [3.8, 4) is 6.07 Å². The lowest BCUT2D eigenvalue weighted by Gasteiger charge is -2.15. The van der Waals surface area contributed by atoms with Crippen LogP contribution in [0.25, 0.3) is 0 Å². The molecule has 0 bridgehead atoms. The van der Waals surface area contributed by atoms with Gasteiger partial charge in [0.15, 0.2) is 10.3 Å². The van der Waals surface area contributed by atoms with Gasteiger partial charge in [-0.25, -0.2) is 4.98 Å². The average molecular weight is 269 g/mol. The Kier molecular flexibility index (Phi) is 2.95. The molecule has 1 aliphatic carbocycles. The van der Waals surface area contributed by atoms with Crippen LogP contribution in [0.2, 0.25) is 5.15 Å². The molecular weight excluding hydrogens is 256 g/mol. The second-order valence-corrected chi connectivity index (χ2v) is 5.96. The first-order chi connectivity index (χ1) is 8.26. The molecule has 90 valence electrons. The molecule has 1 aliphatic heterocycles. The van der Waals surface area contributed by atoms with Crippen LogP contribution < -0.4 is 5.32 Å². The number of hydrogen-bond acceptors (Lipinski definition) is 5. The van der Waals surface area contributed by atoms with Crippen molar-refractivity contribution in [2.45, 2.75) is 31.3 Å². The fraction of sp³-hybridized carbons (Fsp3) is 0.636. The molecule has 4 nitrogen and oxygen atoms in total. The first kappa shape index (κ1) is 11.3. The van der Waals surface area contributed by atoms with Crippen LogP contribution >= 0.6 is 22.9 Å². The van der Waals surface area contributed by atoms with Crippen LogP contribution in [-0.2, 0) is 0 Å². The summed E-state index contributed by atoms with van der Waals surface area (Å²) in [4.78, 5) is 7.19. The van der Waals surface area contributed by atoms with Gasteiger partial charge >= 0.3 is 0 Å². The maximum absolute atomic E-state index is 8.82. The van der Waals surface area contributed by atoms with Crippen LogP contribution in [0.1, 0.15) is 24.1 Å². The normalized spacial score (nSPS) is 24.8. The van der Waals surface area contributed by atoms with Crippen LogP contribution in [-0.4, -0.2) is 35.1 Å². The molecule has 2 fully saturated rings. The van der Waals surface area contributed by atoms with Crippen molar-refractivity contribution in [3.63, 3.8) is 0 Å². The first-order valence-electron chi connectivity index (χ1n) is 5.83. The molecule has 1 saturated carbocycles. The highest BCUT2D eigenvalue weighted by molar-refractivity contribution is 7.16. The molecule has 0 aromatic carbocycles. The fourth-order valence-electron chi connectivity index (χ4n) is 2.28. The van der Waals surface area contributed by atoms with Gasteiger partial charge in [-0.05, 0) is 19.3 Å². The molecular formula is C11H13ClN4S. The number of anilines is 1. The topological polar surface area (TPSA) is 52.0 Å². The van der Waals surface area contributed by atoms with Gasteiger partial charge in [-0.2, -0.15) is 5.26 Å². The fourth-order valence-corrected chi connectivity index (χ4v) is 3.31. The minimum Gasteiger partial charge on any atom is -0.357 e. The molecule has 2 heterocycles. The molecule has 1 saturated heterocycles. The molecule has 2 aliphatic rings. The van der Waals surface area contributed by atoms with E-state index in [2.05, 4.69) is 21.3 Å². The summed E-state index contributed by atoms with van der Waals surface area (Å²) in [6.45, 7) is 2.26. The second-order valence-electron chi connectivity index (χ2n) is 4.61. The van der Waals surface area contributed by atoms with Gasteiger partial charge in [0.2, 0.25) is 0 Å². The smallest absolute Gasteiger partial charge is 0.185 e. The molecule has 0 radical (unpaired) electrons. The minimum absolute atomic E-state index is 0.317. The number of aromatic nitrogens is 1. The lowest BCUT2D eigenvalue weighted by molar-refractivity contribution is 0.326. The molecule has 1 unspecified atom stereocenters. The summed E-state index contributed by atoms with van der Waals surface area (Å²) >= 11 is 7.18. The molecule has 1 N–H and O–H groups in total. The van der Waals surface area contributed by atoms with Gasteiger partial charge in [0.25, 0.3) is 0 Å². The highest BCUT2D eigenvalue weighted by atomic mass is 35.5. The number of nitrogens with zero attached hydrogens (tertiary/aromatic N) is 3. The number of halogens is 1. The zero-order valence-corrected chi connectivity index (χ0v) is 10.9. The van der Waals surface area contributed by atoms with Crippen molar-refractivity contribution >= 4 is 28.1 Å². The quantitative estimate of drug-likeness (QED) is 0.914. The average Bonchev–Trinajstić information content (AvgIpc) is 2.97. The predicted molar refractivity (Wildman–Crippen MR) is 68.5 cm³/mol. The van der Waals surface area contributed by atoms with E-state index in [0.717, 1.165) is 24.1 Å². The molecule has 17 heavy (non-hydrogen) atoms. The van der Waals surface area contributed by atoms with Gasteiger partial charge < -0.3 is 5.32 Å². The van der Waals surface area contributed by atoms with Crippen LogP contribution in [0.4, 0.5) is 5.13 Å². The Labute approximate surface area is 109 Å². The number of hydrogen-bond donors (Lipinski definition) is 1. The zero-order chi connectivity index (χ0) is 11.8. The summed E-state index contributed by atoms with van der Waals surface area (Å²) in [6, 6.07) is 3.33. The van der Waals surface area contributed by atoms with Crippen molar-refractivity contribution in [2.24, 2.45) is 0 Å². The van der Waals surface area contributed by atoms with Crippen LogP contribution in [0.15, 0.2) is 0 Å². The van der Waals surface area contributed by atoms with E-state index in [0.29, 0.717) is 16.1 Å². The van der Waals surface area contributed by atoms with Gasteiger partial charge in [0, 0.05) is 25.2 Å². The number of likely N-dealkylation sites (tertiary alicyclic amines) is 1. The summed E-state index contributed by atoms with van der Waals surface area (Å²) in [5.74, 6) is 0. The number of rotatable bonds is 3. The van der Waals surface area contributed by atoms with Gasteiger partial charge in [0.05, 0.1) is 0 Å². The van der Waals surface area contributed by atoms with Crippen molar-refractivity contribution in [2.75, 3.05) is 18.4 Å². The standard InChI is InChI=1S/C11H13ClN4S/c12-10-9(5-13)17-11(15-10)14-7-3-4-16(6-7)8-1-2-8/h7-8H,1-4,6H2,(H,14,15). The van der Waals surface area contributed by atoms with Crippen molar-refractivity contribution in [3.05, 3.63) is 10.0 Å². The highest BCUT2D eigenvalue weighted by Gasteiger charge is 2.34. The van der Waals surface area contributed by atoms with Crippen LogP contribution in [0.3, 0.4) is 0 Å². The van der Waals surface area contributed by atoms with Crippen molar-refractivity contribution in [1.82, 2.24) is 9.88 Å². The molecule has 1 atom stereocenters. The Morgan fingerprint density at radius 1 is 1.47 bits per heavy atom. The third-order valence-corrected chi connectivity index (χ3v) is 4.57. The zero-order valence-electron chi connectivity index (χ0n) is 9.32. The summed E-state index contributed by atoms with van der Waals surface area (Å²) in [5.41, 5.74) is 0. The van der Waals surface area contributed by atoms with Gasteiger partial charge in [0.1, 0.15) is 10.9 Å². The summed E-state index contributed by atoms with van der Waals surface area (Å²) in [5, 5.41) is 13.3. The summed E-state index contributed by atoms with van der Waals surface area (Å²) in [6.07, 6.45) is 3.86. The van der Waals surface area contributed by atoms with E-state index in [1.807, 2.05) is 0 Å². The number of thiazole rings is 1. The Morgan fingerprint density at radius 3 is 2.94 bits per heavy atom. The number of nitrogens with one attached hydrogen (secondary N) is 1. The Morgan fingerprint density at radius 2 is 2.29 bits per heavy atom. The van der Waals surface area contributed by atoms with E-state index in [-0.39, 0.29) is 0 Å². The third kappa shape index (κ3) is 2.39.